The van der Waals surface area contributed by atoms with Gasteiger partial charge in [-0.25, -0.2) is 5.48 Å². The fraction of sp³-hybridized carbons (Fsp3) is 0.111. The number of hydrogen-bond donors (Lipinski definition) is 2. The standard InChI is InChI=1S/C9H9N3O/c13-12-6-7-2-1-3-8-9(7)11-5-4-10-8/h1-5,12-13H,6H2. The summed E-state index contributed by atoms with van der Waals surface area (Å²) in [6.45, 7) is 0.385. The third-order valence-electron chi connectivity index (χ3n) is 1.85. The van der Waals surface area contributed by atoms with Gasteiger partial charge in [0.25, 0.3) is 0 Å². The highest BCUT2D eigenvalue weighted by Crippen LogP contribution is 2.12. The molecule has 0 bridgehead atoms. The molecule has 1 aromatic carbocycles. The maximum Gasteiger partial charge on any atom is 0.0932 e. The van der Waals surface area contributed by atoms with Crippen molar-refractivity contribution < 1.29 is 5.21 Å². The molecule has 0 atom stereocenters. The van der Waals surface area contributed by atoms with Gasteiger partial charge in [0.05, 0.1) is 11.0 Å². The first-order chi connectivity index (χ1) is 6.42. The van der Waals surface area contributed by atoms with Crippen LogP contribution >= 0.6 is 0 Å². The minimum Gasteiger partial charge on any atom is -0.316 e. The monoisotopic (exact) mass is 175 g/mol. The van der Waals surface area contributed by atoms with Crippen molar-refractivity contribution in [2.24, 2.45) is 0 Å². The van der Waals surface area contributed by atoms with Gasteiger partial charge in [-0.1, -0.05) is 12.1 Å². The first-order valence-corrected chi connectivity index (χ1v) is 3.97. The maximum atomic E-state index is 8.58. The van der Waals surface area contributed by atoms with Gasteiger partial charge in [0, 0.05) is 18.9 Å². The van der Waals surface area contributed by atoms with E-state index in [2.05, 4.69) is 15.4 Å². The lowest BCUT2D eigenvalue weighted by Crippen LogP contribution is -2.06. The molecule has 0 unspecified atom stereocenters. The van der Waals surface area contributed by atoms with Crippen molar-refractivity contribution in [3.05, 3.63) is 36.2 Å². The molecule has 1 heterocycles. The van der Waals surface area contributed by atoms with Crippen LogP contribution in [0, 0.1) is 0 Å². The second-order valence-electron chi connectivity index (χ2n) is 2.68. The molecule has 4 nitrogen and oxygen atoms in total. The van der Waals surface area contributed by atoms with Gasteiger partial charge >= 0.3 is 0 Å². The Morgan fingerprint density at radius 1 is 1.23 bits per heavy atom. The molecule has 4 heteroatoms. The summed E-state index contributed by atoms with van der Waals surface area (Å²) in [5.74, 6) is 0. The molecule has 0 saturated heterocycles. The van der Waals surface area contributed by atoms with Crippen molar-refractivity contribution in [3.63, 3.8) is 0 Å². The van der Waals surface area contributed by atoms with Crippen LogP contribution in [-0.2, 0) is 6.54 Å². The summed E-state index contributed by atoms with van der Waals surface area (Å²) in [5.41, 5.74) is 4.71. The van der Waals surface area contributed by atoms with E-state index in [0.29, 0.717) is 6.54 Å². The van der Waals surface area contributed by atoms with Crippen LogP contribution in [0.25, 0.3) is 11.0 Å². The number of hydrogen-bond acceptors (Lipinski definition) is 4. The Morgan fingerprint density at radius 2 is 2.08 bits per heavy atom. The Morgan fingerprint density at radius 3 is 2.92 bits per heavy atom. The van der Waals surface area contributed by atoms with E-state index in [0.717, 1.165) is 16.6 Å². The molecule has 0 aliphatic rings. The fourth-order valence-electron chi connectivity index (χ4n) is 1.28. The number of benzene rings is 1. The first kappa shape index (κ1) is 8.10. The lowest BCUT2D eigenvalue weighted by atomic mass is 10.2. The summed E-state index contributed by atoms with van der Waals surface area (Å²) >= 11 is 0. The van der Waals surface area contributed by atoms with Crippen LogP contribution in [0.3, 0.4) is 0 Å². The Bertz CT molecular complexity index is 411. The Balaban J connectivity index is 2.61. The van der Waals surface area contributed by atoms with Gasteiger partial charge in [-0.2, -0.15) is 0 Å². The van der Waals surface area contributed by atoms with Gasteiger partial charge in [-0.3, -0.25) is 9.97 Å². The van der Waals surface area contributed by atoms with Crippen LogP contribution in [0.5, 0.6) is 0 Å². The molecule has 13 heavy (non-hydrogen) atoms. The average molecular weight is 175 g/mol. The topological polar surface area (TPSA) is 58.0 Å². The van der Waals surface area contributed by atoms with Gasteiger partial charge in [-0.05, 0) is 11.6 Å². The highest BCUT2D eigenvalue weighted by atomic mass is 16.5. The van der Waals surface area contributed by atoms with E-state index in [9.17, 15) is 0 Å². The average Bonchev–Trinajstić information content (AvgIpc) is 2.19. The third kappa shape index (κ3) is 1.49. The van der Waals surface area contributed by atoms with E-state index in [1.54, 1.807) is 12.4 Å². The van der Waals surface area contributed by atoms with Crippen molar-refractivity contribution >= 4 is 11.0 Å². The molecule has 0 amide bonds. The van der Waals surface area contributed by atoms with Crippen molar-refractivity contribution in [2.75, 3.05) is 0 Å². The highest BCUT2D eigenvalue weighted by molar-refractivity contribution is 5.77. The van der Waals surface area contributed by atoms with E-state index in [1.165, 1.54) is 0 Å². The number of para-hydroxylation sites is 1. The van der Waals surface area contributed by atoms with Gasteiger partial charge < -0.3 is 5.21 Å². The number of nitrogens with one attached hydrogen (secondary N) is 1. The molecule has 2 N–H and O–H groups in total. The predicted molar refractivity (Wildman–Crippen MR) is 48.2 cm³/mol. The van der Waals surface area contributed by atoms with E-state index < -0.39 is 0 Å². The van der Waals surface area contributed by atoms with Crippen molar-refractivity contribution in [3.8, 4) is 0 Å². The van der Waals surface area contributed by atoms with Gasteiger partial charge in [-0.15, -0.1) is 0 Å². The summed E-state index contributed by atoms with van der Waals surface area (Å²) in [6, 6.07) is 5.69. The number of rotatable bonds is 2. The minimum atomic E-state index is 0.385. The number of aromatic nitrogens is 2. The van der Waals surface area contributed by atoms with Crippen molar-refractivity contribution in [1.29, 1.82) is 0 Å². The molecule has 2 rings (SSSR count). The molecular weight excluding hydrogens is 166 g/mol. The summed E-state index contributed by atoms with van der Waals surface area (Å²) in [6.07, 6.45) is 3.29. The fourth-order valence-corrected chi connectivity index (χ4v) is 1.28. The molecule has 66 valence electrons. The molecule has 1 aromatic heterocycles. The number of hydroxylamine groups is 1. The molecule has 0 aliphatic carbocycles. The molecule has 0 radical (unpaired) electrons. The van der Waals surface area contributed by atoms with Gasteiger partial charge in [0.1, 0.15) is 0 Å². The van der Waals surface area contributed by atoms with E-state index in [-0.39, 0.29) is 0 Å². The van der Waals surface area contributed by atoms with E-state index in [4.69, 9.17) is 5.21 Å². The first-order valence-electron chi connectivity index (χ1n) is 3.97. The van der Waals surface area contributed by atoms with E-state index in [1.807, 2.05) is 18.2 Å². The van der Waals surface area contributed by atoms with E-state index >= 15 is 0 Å². The Hall–Kier alpha value is -1.52. The molecular formula is C9H9N3O. The zero-order valence-corrected chi connectivity index (χ0v) is 6.94. The molecule has 0 spiro atoms. The smallest absolute Gasteiger partial charge is 0.0932 e. The van der Waals surface area contributed by atoms with Crippen LogP contribution in [-0.4, -0.2) is 15.2 Å². The predicted octanol–water partition coefficient (Wildman–Crippen LogP) is 1.11. The third-order valence-corrected chi connectivity index (χ3v) is 1.85. The second-order valence-corrected chi connectivity index (χ2v) is 2.68. The zero-order chi connectivity index (χ0) is 9.10. The lowest BCUT2D eigenvalue weighted by Gasteiger charge is -2.02. The van der Waals surface area contributed by atoms with Crippen LogP contribution in [0.2, 0.25) is 0 Å². The molecule has 0 fully saturated rings. The normalized spacial score (nSPS) is 10.5. The molecule has 0 aliphatic heterocycles. The van der Waals surface area contributed by atoms with Crippen molar-refractivity contribution in [2.45, 2.75) is 6.54 Å². The Kier molecular flexibility index (Phi) is 2.16. The minimum absolute atomic E-state index is 0.385. The van der Waals surface area contributed by atoms with Crippen LogP contribution in [0.15, 0.2) is 30.6 Å². The summed E-state index contributed by atoms with van der Waals surface area (Å²) in [4.78, 5) is 8.34. The molecule has 0 saturated carbocycles. The molecule has 2 aromatic rings. The van der Waals surface area contributed by atoms with Crippen LogP contribution < -0.4 is 5.48 Å². The highest BCUT2D eigenvalue weighted by Gasteiger charge is 2.00. The Labute approximate surface area is 75.2 Å². The number of fused-ring (bicyclic) bond motifs is 1. The summed E-state index contributed by atoms with van der Waals surface area (Å²) in [7, 11) is 0. The SMILES string of the molecule is ONCc1cccc2nccnc12. The number of nitrogens with zero attached hydrogens (tertiary/aromatic N) is 2. The summed E-state index contributed by atoms with van der Waals surface area (Å²) < 4.78 is 0. The van der Waals surface area contributed by atoms with Gasteiger partial charge in [0.15, 0.2) is 0 Å². The lowest BCUT2D eigenvalue weighted by molar-refractivity contribution is 0.161. The maximum absolute atomic E-state index is 8.58. The zero-order valence-electron chi connectivity index (χ0n) is 6.94. The van der Waals surface area contributed by atoms with Crippen molar-refractivity contribution in [1.82, 2.24) is 15.4 Å². The largest absolute Gasteiger partial charge is 0.316 e. The quantitative estimate of drug-likeness (QED) is 0.671. The summed E-state index contributed by atoms with van der Waals surface area (Å²) in [5, 5.41) is 8.58. The second kappa shape index (κ2) is 3.47. The van der Waals surface area contributed by atoms with Crippen LogP contribution in [0.1, 0.15) is 5.56 Å². The van der Waals surface area contributed by atoms with Gasteiger partial charge in [0.2, 0.25) is 0 Å². The van der Waals surface area contributed by atoms with Crippen LogP contribution in [0.4, 0.5) is 0 Å².